The highest BCUT2D eigenvalue weighted by Crippen LogP contribution is 2.40. The number of hydrogen-bond donors (Lipinski definition) is 4. The number of anilines is 2. The maximum absolute atomic E-state index is 13.6. The van der Waals surface area contributed by atoms with Crippen LogP contribution in [0.25, 0.3) is 0 Å². The van der Waals surface area contributed by atoms with E-state index in [0.717, 1.165) is 60.9 Å². The number of likely N-dealkylation sites (N-methyl/N-ethyl adjacent to an activating group) is 1. The van der Waals surface area contributed by atoms with E-state index in [-0.39, 0.29) is 29.5 Å². The predicted molar refractivity (Wildman–Crippen MR) is 280 cm³/mol. The Labute approximate surface area is 419 Å². The summed E-state index contributed by atoms with van der Waals surface area (Å²) in [5, 5.41) is 22.5. The third-order valence-electron chi connectivity index (χ3n) is 11.5. The second-order valence-corrected chi connectivity index (χ2v) is 22.9. The molecular weight excluding hydrogens is 955 g/mol. The van der Waals surface area contributed by atoms with E-state index in [0.29, 0.717) is 78.4 Å². The van der Waals surface area contributed by atoms with E-state index >= 15 is 0 Å². The van der Waals surface area contributed by atoms with Crippen molar-refractivity contribution in [1.29, 1.82) is 0 Å². The van der Waals surface area contributed by atoms with Gasteiger partial charge in [-0.1, -0.05) is 72.9 Å². The number of hydrogen-bond acceptors (Lipinski definition) is 13. The minimum Gasteiger partial charge on any atom is -0.490 e. The number of nitrogens with one attached hydrogen (secondary N) is 3. The molecule has 4 N–H and O–H groups in total. The molecule has 0 amide bonds. The standard InChI is InChI=1S/C49H71N9O9S3/c1-12-39-45(51-40-24-23-38(29-34(40)4)57(13-2)27-26-50-70(11,63)64)47-53-52-46(58(47)54-39)35(5)55-68(61)66-42-31-37(22-20-33(42)3)56-69(62)67-43-30-36(49(9,10)32-48(6,7)8)21-25-41(43)65-28-18-16-14-15-17-19-44(59)60/h20-25,29-31,35,50,55-56H,12-19,26-28,32H2,1-11H3,(H,59,60). The summed E-state index contributed by atoms with van der Waals surface area (Å²) in [6.45, 7) is 22.4. The van der Waals surface area contributed by atoms with E-state index in [2.05, 4.69) is 63.9 Å². The molecule has 70 heavy (non-hydrogen) atoms. The largest absolute Gasteiger partial charge is 0.490 e. The summed E-state index contributed by atoms with van der Waals surface area (Å²) in [4.78, 5) is 17.9. The number of sulfonamides is 1. The van der Waals surface area contributed by atoms with E-state index in [9.17, 15) is 21.6 Å². The molecule has 384 valence electrons. The smallest absolute Gasteiger partial charge is 0.316 e. The van der Waals surface area contributed by atoms with Gasteiger partial charge in [0, 0.05) is 37.8 Å². The van der Waals surface area contributed by atoms with E-state index in [1.165, 1.54) is 0 Å². The van der Waals surface area contributed by atoms with Crippen molar-refractivity contribution in [2.75, 3.05) is 42.1 Å². The lowest BCUT2D eigenvalue weighted by Crippen LogP contribution is -2.34. The van der Waals surface area contributed by atoms with Gasteiger partial charge in [-0.2, -0.15) is 22.9 Å². The Hall–Kier alpha value is -5.22. The lowest BCUT2D eigenvalue weighted by molar-refractivity contribution is -0.137. The Morgan fingerprint density at radius 3 is 2.27 bits per heavy atom. The zero-order valence-corrected chi connectivity index (χ0v) is 44.8. The van der Waals surface area contributed by atoms with Crippen LogP contribution in [0.4, 0.5) is 17.1 Å². The maximum atomic E-state index is 13.6. The first kappa shape index (κ1) is 55.7. The van der Waals surface area contributed by atoms with Crippen LogP contribution in [0.2, 0.25) is 0 Å². The van der Waals surface area contributed by atoms with Crippen molar-refractivity contribution in [3.63, 3.8) is 0 Å². The number of aliphatic imine (C=N–C) groups is 1. The number of carbonyl (C=O) groups is 1. The number of rotatable bonds is 28. The first-order chi connectivity index (χ1) is 33.0. The monoisotopic (exact) mass is 1030 g/mol. The molecule has 0 spiro atoms. The van der Waals surface area contributed by atoms with Crippen LogP contribution in [0.1, 0.15) is 141 Å². The van der Waals surface area contributed by atoms with E-state index < -0.39 is 44.6 Å². The summed E-state index contributed by atoms with van der Waals surface area (Å²) in [6, 6.07) is 16.1. The third-order valence-corrected chi connectivity index (χ3v) is 13.8. The van der Waals surface area contributed by atoms with Crippen molar-refractivity contribution < 1.29 is 39.8 Å². The van der Waals surface area contributed by atoms with Gasteiger partial charge in [-0.05, 0) is 117 Å². The second kappa shape index (κ2) is 24.8. The van der Waals surface area contributed by atoms with Crippen LogP contribution in [-0.2, 0) is 42.8 Å². The molecule has 0 fully saturated rings. The highest BCUT2D eigenvalue weighted by Gasteiger charge is 2.31. The zero-order valence-electron chi connectivity index (χ0n) is 42.4. The molecular formula is C49H71N9O9S3. The number of ether oxygens (including phenoxy) is 1. The van der Waals surface area contributed by atoms with Gasteiger partial charge in [0.1, 0.15) is 11.5 Å². The number of aromatic nitrogens is 3. The summed E-state index contributed by atoms with van der Waals surface area (Å²) in [5.74, 6) is 1.13. The molecule has 2 heterocycles. The van der Waals surface area contributed by atoms with Crippen molar-refractivity contribution in [2.45, 2.75) is 132 Å². The molecule has 0 saturated carbocycles. The Balaban J connectivity index is 1.24. The van der Waals surface area contributed by atoms with Crippen molar-refractivity contribution in [3.8, 4) is 17.2 Å². The predicted octanol–water partition coefficient (Wildman–Crippen LogP) is 8.91. The third kappa shape index (κ3) is 16.4. The summed E-state index contributed by atoms with van der Waals surface area (Å²) >= 11 is -4.14. The topological polar surface area (TPSA) is 228 Å². The van der Waals surface area contributed by atoms with Crippen molar-refractivity contribution >= 4 is 67.0 Å². The molecule has 1 aliphatic heterocycles. The SMILES string of the molecule is CCC1=Nn2c(nnc2C(C)NS(=O)Oc2cc(NS(=O)Oc3cc(C(C)(C)CC(C)(C)C)ccc3OCCCCCCCC(=O)O)ccc2C)C1=Nc1ccc(N(CC)CCNS(C)(=O)=O)cc1C. The van der Waals surface area contributed by atoms with Crippen LogP contribution < -0.4 is 32.2 Å². The van der Waals surface area contributed by atoms with Crippen LogP contribution in [0.3, 0.4) is 0 Å². The van der Waals surface area contributed by atoms with Gasteiger partial charge in [0.05, 0.1) is 36.0 Å². The average Bonchev–Trinajstić information content (AvgIpc) is 3.83. The number of fused-ring (bicyclic) bond motifs is 1. The average molecular weight is 1030 g/mol. The molecule has 5 rings (SSSR count). The molecule has 18 nitrogen and oxygen atoms in total. The second-order valence-electron chi connectivity index (χ2n) is 19.4. The van der Waals surface area contributed by atoms with Gasteiger partial charge >= 0.3 is 17.2 Å². The number of unbranched alkanes of at least 4 members (excludes halogenated alkanes) is 4. The summed E-state index contributed by atoms with van der Waals surface area (Å²) in [6.07, 6.45) is 6.84. The van der Waals surface area contributed by atoms with Crippen LogP contribution in [0.5, 0.6) is 17.2 Å². The molecule has 21 heteroatoms. The van der Waals surface area contributed by atoms with E-state index in [1.54, 1.807) is 36.7 Å². The first-order valence-electron chi connectivity index (χ1n) is 23.7. The summed E-state index contributed by atoms with van der Waals surface area (Å²) in [7, 11) is -3.29. The minimum absolute atomic E-state index is 0.0551. The van der Waals surface area contributed by atoms with Crippen LogP contribution in [-0.4, -0.2) is 86.7 Å². The minimum atomic E-state index is -3.29. The zero-order chi connectivity index (χ0) is 51.4. The van der Waals surface area contributed by atoms with Gasteiger partial charge in [-0.3, -0.25) is 9.52 Å². The highest BCUT2D eigenvalue weighted by atomic mass is 32.2. The van der Waals surface area contributed by atoms with Crippen molar-refractivity contribution in [2.24, 2.45) is 15.5 Å². The van der Waals surface area contributed by atoms with Crippen LogP contribution in [0.15, 0.2) is 64.7 Å². The molecule has 1 aromatic heterocycles. The quantitative estimate of drug-likeness (QED) is 0.0391. The number of aliphatic carboxylic acids is 1. The van der Waals surface area contributed by atoms with Gasteiger partial charge in [-0.15, -0.1) is 10.2 Å². The number of carboxylic acid groups (broad SMARTS) is 1. The fraction of sp³-hybridized carbons (Fsp3) is 0.531. The molecule has 1 aliphatic rings. The van der Waals surface area contributed by atoms with Crippen LogP contribution >= 0.6 is 0 Å². The Kier molecular flexibility index (Phi) is 19.7. The van der Waals surface area contributed by atoms with Crippen molar-refractivity contribution in [3.05, 3.63) is 82.9 Å². The molecule has 0 saturated heterocycles. The fourth-order valence-corrected chi connectivity index (χ4v) is 10.2. The summed E-state index contributed by atoms with van der Waals surface area (Å²) < 4.78 is 78.4. The Morgan fingerprint density at radius 2 is 1.60 bits per heavy atom. The van der Waals surface area contributed by atoms with Gasteiger partial charge in [0.2, 0.25) is 15.8 Å². The summed E-state index contributed by atoms with van der Waals surface area (Å²) in [5.41, 5.74) is 5.79. The van der Waals surface area contributed by atoms with E-state index in [1.807, 2.05) is 57.2 Å². The lowest BCUT2D eigenvalue weighted by atomic mass is 9.72. The normalized spacial score (nSPS) is 14.7. The molecule has 0 aliphatic carbocycles. The number of benzene rings is 3. The number of nitrogens with zero attached hydrogens (tertiary/aromatic N) is 6. The Bertz CT molecular complexity index is 2680. The van der Waals surface area contributed by atoms with Crippen molar-refractivity contribution in [1.82, 2.24) is 24.3 Å². The van der Waals surface area contributed by atoms with Crippen LogP contribution in [0, 0.1) is 19.3 Å². The molecule has 4 aromatic rings. The molecule has 3 unspecified atom stereocenters. The number of aryl methyl sites for hydroxylation is 2. The number of carboxylic acids is 1. The van der Waals surface area contributed by atoms with E-state index in [4.69, 9.17) is 28.3 Å². The van der Waals surface area contributed by atoms with Gasteiger partial charge in [-0.25, -0.2) is 18.1 Å². The molecule has 3 aromatic carbocycles. The lowest BCUT2D eigenvalue weighted by Gasteiger charge is -2.33. The molecule has 3 atom stereocenters. The van der Waals surface area contributed by atoms with Gasteiger partial charge in [0.15, 0.2) is 17.3 Å². The Morgan fingerprint density at radius 1 is 0.886 bits per heavy atom. The fourth-order valence-electron chi connectivity index (χ4n) is 8.26. The van der Waals surface area contributed by atoms with Gasteiger partial charge < -0.3 is 23.1 Å². The molecule has 0 bridgehead atoms. The maximum Gasteiger partial charge on any atom is 0.316 e. The highest BCUT2D eigenvalue weighted by molar-refractivity contribution is 7.88. The first-order valence-corrected chi connectivity index (χ1v) is 27.8. The van der Waals surface area contributed by atoms with Gasteiger partial charge in [0.25, 0.3) is 11.3 Å². The molecule has 0 radical (unpaired) electrons.